The molecular formula is C10H8BrFO. The first kappa shape index (κ1) is 10.1. The first-order valence-electron chi connectivity index (χ1n) is 3.74. The Morgan fingerprint density at radius 1 is 1.62 bits per heavy atom. The van der Waals surface area contributed by atoms with Gasteiger partial charge in [0.25, 0.3) is 0 Å². The van der Waals surface area contributed by atoms with E-state index in [0.717, 1.165) is 0 Å². The molecule has 1 rings (SSSR count). The van der Waals surface area contributed by atoms with Gasteiger partial charge in [0.1, 0.15) is 5.82 Å². The maximum absolute atomic E-state index is 12.8. The summed E-state index contributed by atoms with van der Waals surface area (Å²) < 4.78 is 13.1. The van der Waals surface area contributed by atoms with Crippen LogP contribution in [0.2, 0.25) is 0 Å². The molecule has 0 aromatic heterocycles. The molecule has 0 aliphatic heterocycles. The summed E-state index contributed by atoms with van der Waals surface area (Å²) in [6.07, 6.45) is 1.80. The molecule has 0 heterocycles. The Balaban J connectivity index is 2.96. The van der Waals surface area contributed by atoms with Gasteiger partial charge in [0, 0.05) is 12.0 Å². The highest BCUT2D eigenvalue weighted by Gasteiger charge is 2.06. The van der Waals surface area contributed by atoms with Crippen LogP contribution in [0.3, 0.4) is 0 Å². The van der Waals surface area contributed by atoms with E-state index in [9.17, 15) is 9.18 Å². The van der Waals surface area contributed by atoms with E-state index in [4.69, 9.17) is 0 Å². The van der Waals surface area contributed by atoms with E-state index in [1.807, 2.05) is 0 Å². The van der Waals surface area contributed by atoms with Crippen LogP contribution in [0, 0.1) is 5.82 Å². The molecule has 0 unspecified atom stereocenters. The quantitative estimate of drug-likeness (QED) is 0.587. The number of benzene rings is 1. The van der Waals surface area contributed by atoms with E-state index >= 15 is 0 Å². The van der Waals surface area contributed by atoms with Crippen molar-refractivity contribution in [3.63, 3.8) is 0 Å². The average Bonchev–Trinajstić information content (AvgIpc) is 2.10. The fourth-order valence-electron chi connectivity index (χ4n) is 0.919. The maximum Gasteiger partial charge on any atom is 0.166 e. The molecule has 0 aliphatic carbocycles. The predicted octanol–water partition coefficient (Wildman–Crippen LogP) is 3.35. The lowest BCUT2D eigenvalue weighted by Gasteiger charge is -1.99. The minimum atomic E-state index is -0.366. The first-order valence-corrected chi connectivity index (χ1v) is 4.53. The second-order valence-electron chi connectivity index (χ2n) is 2.54. The summed E-state index contributed by atoms with van der Waals surface area (Å²) in [5.74, 6) is -0.425. The summed E-state index contributed by atoms with van der Waals surface area (Å²) >= 11 is 3.01. The van der Waals surface area contributed by atoms with Crippen molar-refractivity contribution < 1.29 is 9.18 Å². The fourth-order valence-corrected chi connectivity index (χ4v) is 1.30. The number of ketones is 1. The van der Waals surface area contributed by atoms with E-state index in [1.165, 1.54) is 24.3 Å². The molecule has 0 aliphatic rings. The van der Waals surface area contributed by atoms with Crippen molar-refractivity contribution in [3.8, 4) is 0 Å². The number of hydrogen-bond donors (Lipinski definition) is 0. The summed E-state index contributed by atoms with van der Waals surface area (Å²) in [7, 11) is 0. The zero-order chi connectivity index (χ0) is 9.84. The van der Waals surface area contributed by atoms with Crippen molar-refractivity contribution in [2.24, 2.45) is 0 Å². The Hall–Kier alpha value is -0.960. The maximum atomic E-state index is 12.8. The number of halogens is 2. The lowest BCUT2D eigenvalue weighted by Crippen LogP contribution is -1.97. The number of carbonyl (C=O) groups excluding carboxylic acids is 1. The van der Waals surface area contributed by atoms with Gasteiger partial charge in [-0.05, 0) is 34.1 Å². The van der Waals surface area contributed by atoms with Gasteiger partial charge in [-0.2, -0.15) is 0 Å². The third-order valence-electron chi connectivity index (χ3n) is 1.57. The van der Waals surface area contributed by atoms with Gasteiger partial charge in [-0.1, -0.05) is 6.08 Å². The second-order valence-corrected chi connectivity index (χ2v) is 3.40. The molecule has 0 radical (unpaired) electrons. The molecule has 0 atom stereocenters. The summed E-state index contributed by atoms with van der Waals surface area (Å²) in [5.41, 5.74) is 0.494. The molecule has 0 saturated heterocycles. The minimum absolute atomic E-state index is 0.0595. The van der Waals surface area contributed by atoms with Crippen molar-refractivity contribution >= 4 is 21.7 Å². The van der Waals surface area contributed by atoms with E-state index in [0.29, 0.717) is 10.0 Å². The lowest BCUT2D eigenvalue weighted by atomic mass is 10.1. The van der Waals surface area contributed by atoms with Gasteiger partial charge in [-0.15, -0.1) is 6.58 Å². The topological polar surface area (TPSA) is 17.1 Å². The van der Waals surface area contributed by atoms with Gasteiger partial charge in [-0.25, -0.2) is 4.39 Å². The van der Waals surface area contributed by atoms with Crippen LogP contribution in [0.5, 0.6) is 0 Å². The van der Waals surface area contributed by atoms with Gasteiger partial charge in [0.05, 0.1) is 4.47 Å². The molecule has 0 bridgehead atoms. The Kier molecular flexibility index (Phi) is 3.37. The van der Waals surface area contributed by atoms with Crippen LogP contribution < -0.4 is 0 Å². The number of hydrogen-bond acceptors (Lipinski definition) is 1. The number of rotatable bonds is 3. The normalized spacial score (nSPS) is 9.69. The standard InChI is InChI=1S/C10H8BrFO/c1-2-3-10(13)7-4-5-9(12)8(11)6-7/h2,4-6H,1,3H2. The number of carbonyl (C=O) groups is 1. The van der Waals surface area contributed by atoms with Crippen molar-refractivity contribution in [2.45, 2.75) is 6.42 Å². The van der Waals surface area contributed by atoms with Crippen LogP contribution in [0.1, 0.15) is 16.8 Å². The largest absolute Gasteiger partial charge is 0.294 e. The molecule has 0 fully saturated rings. The zero-order valence-corrected chi connectivity index (χ0v) is 8.47. The van der Waals surface area contributed by atoms with Crippen LogP contribution in [0.15, 0.2) is 35.3 Å². The molecule has 1 aromatic carbocycles. The fraction of sp³-hybridized carbons (Fsp3) is 0.100. The highest BCUT2D eigenvalue weighted by atomic mass is 79.9. The molecule has 13 heavy (non-hydrogen) atoms. The van der Waals surface area contributed by atoms with Crippen LogP contribution in [0.25, 0.3) is 0 Å². The smallest absolute Gasteiger partial charge is 0.166 e. The van der Waals surface area contributed by atoms with Crippen LogP contribution >= 0.6 is 15.9 Å². The highest BCUT2D eigenvalue weighted by molar-refractivity contribution is 9.10. The van der Waals surface area contributed by atoms with E-state index in [-0.39, 0.29) is 18.0 Å². The van der Waals surface area contributed by atoms with Crippen LogP contribution in [-0.4, -0.2) is 5.78 Å². The Morgan fingerprint density at radius 2 is 2.31 bits per heavy atom. The third kappa shape index (κ3) is 2.49. The molecule has 3 heteroatoms. The molecule has 0 spiro atoms. The van der Waals surface area contributed by atoms with Crippen molar-refractivity contribution in [3.05, 3.63) is 46.7 Å². The zero-order valence-electron chi connectivity index (χ0n) is 6.89. The summed E-state index contributed by atoms with van der Waals surface area (Å²) in [6, 6.07) is 4.20. The Morgan fingerprint density at radius 3 is 2.85 bits per heavy atom. The third-order valence-corrected chi connectivity index (χ3v) is 2.18. The average molecular weight is 243 g/mol. The predicted molar refractivity (Wildman–Crippen MR) is 53.2 cm³/mol. The van der Waals surface area contributed by atoms with Crippen molar-refractivity contribution in [1.82, 2.24) is 0 Å². The molecule has 0 amide bonds. The van der Waals surface area contributed by atoms with Gasteiger partial charge < -0.3 is 0 Å². The minimum Gasteiger partial charge on any atom is -0.294 e. The summed E-state index contributed by atoms with van der Waals surface area (Å²) in [5, 5.41) is 0. The van der Waals surface area contributed by atoms with E-state index in [2.05, 4.69) is 22.5 Å². The molecule has 1 aromatic rings. The van der Waals surface area contributed by atoms with Crippen LogP contribution in [0.4, 0.5) is 4.39 Å². The number of Topliss-reactive ketones (excluding diaryl/α,β-unsaturated/α-hetero) is 1. The summed E-state index contributed by atoms with van der Waals surface area (Å²) in [4.78, 5) is 11.3. The Labute approximate surface area is 84.4 Å². The number of allylic oxidation sites excluding steroid dienone is 1. The SMILES string of the molecule is C=CCC(=O)c1ccc(F)c(Br)c1. The van der Waals surface area contributed by atoms with Crippen LogP contribution in [-0.2, 0) is 0 Å². The second kappa shape index (κ2) is 4.33. The van der Waals surface area contributed by atoms with Crippen molar-refractivity contribution in [1.29, 1.82) is 0 Å². The molecule has 1 nitrogen and oxygen atoms in total. The van der Waals surface area contributed by atoms with Gasteiger partial charge in [0.15, 0.2) is 5.78 Å². The van der Waals surface area contributed by atoms with Crippen molar-refractivity contribution in [2.75, 3.05) is 0 Å². The van der Waals surface area contributed by atoms with E-state index < -0.39 is 0 Å². The molecule has 68 valence electrons. The van der Waals surface area contributed by atoms with Gasteiger partial charge in [-0.3, -0.25) is 4.79 Å². The van der Waals surface area contributed by atoms with Gasteiger partial charge >= 0.3 is 0 Å². The van der Waals surface area contributed by atoms with Gasteiger partial charge in [0.2, 0.25) is 0 Å². The molecule has 0 N–H and O–H groups in total. The molecule has 0 saturated carbocycles. The first-order chi connectivity index (χ1) is 6.15. The summed E-state index contributed by atoms with van der Waals surface area (Å²) in [6.45, 7) is 3.46. The lowest BCUT2D eigenvalue weighted by molar-refractivity contribution is 0.0996. The monoisotopic (exact) mass is 242 g/mol. The Bertz CT molecular complexity index is 347. The molecular weight excluding hydrogens is 235 g/mol. The highest BCUT2D eigenvalue weighted by Crippen LogP contribution is 2.17. The van der Waals surface area contributed by atoms with E-state index in [1.54, 1.807) is 0 Å².